The van der Waals surface area contributed by atoms with Gasteiger partial charge in [0.2, 0.25) is 0 Å². The normalized spacial score (nSPS) is 10.3. The molecule has 0 spiro atoms. The third kappa shape index (κ3) is 4.64. The van der Waals surface area contributed by atoms with Crippen molar-refractivity contribution in [3.05, 3.63) is 106 Å². The van der Waals surface area contributed by atoms with Gasteiger partial charge in [-0.15, -0.1) is 11.3 Å². The highest BCUT2D eigenvalue weighted by Crippen LogP contribution is 2.32. The zero-order chi connectivity index (χ0) is 21.6. The molecule has 0 saturated carbocycles. The number of benzene rings is 3. The minimum atomic E-state index is 0.645. The van der Waals surface area contributed by atoms with E-state index in [1.807, 2.05) is 60.2 Å². The molecule has 4 aromatic rings. The smallest absolute Gasteiger partial charge is 0.0998 e. The molecule has 3 aromatic carbocycles. The first-order valence-electron chi connectivity index (χ1n) is 9.89. The Morgan fingerprint density at radius 2 is 1.77 bits per heavy atom. The van der Waals surface area contributed by atoms with Crippen molar-refractivity contribution in [3.63, 3.8) is 0 Å². The first-order valence-corrected chi connectivity index (χ1v) is 10.8. The van der Waals surface area contributed by atoms with Gasteiger partial charge in [0, 0.05) is 28.9 Å². The third-order valence-corrected chi connectivity index (χ3v) is 5.95. The summed E-state index contributed by atoms with van der Waals surface area (Å²) in [6, 6.07) is 26.3. The minimum Gasteiger partial charge on any atom is -0.362 e. The monoisotopic (exact) mass is 420 g/mol. The summed E-state index contributed by atoms with van der Waals surface area (Å²) in [5, 5.41) is 19.0. The molecule has 4 rings (SSSR count). The standard InChI is InChI=1S/C26H20N4S/c1-19-5-2-3-8-25(19)26-12-23(10-9-22(26)14-28)30(17-24-15-29-18-31-24)16-21-7-4-6-20(11-21)13-27/h2-12,15,18H,16-17H2,1H3. The molecule has 0 unspecified atom stereocenters. The summed E-state index contributed by atoms with van der Waals surface area (Å²) >= 11 is 1.62. The van der Waals surface area contributed by atoms with Crippen LogP contribution in [-0.2, 0) is 13.1 Å². The van der Waals surface area contributed by atoms with Gasteiger partial charge in [0.1, 0.15) is 0 Å². The molecule has 0 N–H and O–H groups in total. The Bertz CT molecular complexity index is 1280. The second-order valence-electron chi connectivity index (χ2n) is 7.29. The molecule has 0 amide bonds. The maximum Gasteiger partial charge on any atom is 0.0998 e. The van der Waals surface area contributed by atoms with E-state index in [1.54, 1.807) is 11.3 Å². The number of nitriles is 2. The van der Waals surface area contributed by atoms with Crippen molar-refractivity contribution in [1.82, 2.24) is 4.98 Å². The molecule has 0 aliphatic carbocycles. The van der Waals surface area contributed by atoms with E-state index in [9.17, 15) is 10.5 Å². The van der Waals surface area contributed by atoms with Gasteiger partial charge >= 0.3 is 0 Å². The molecule has 1 heterocycles. The van der Waals surface area contributed by atoms with Crippen molar-refractivity contribution < 1.29 is 0 Å². The molecule has 0 atom stereocenters. The van der Waals surface area contributed by atoms with E-state index < -0.39 is 0 Å². The van der Waals surface area contributed by atoms with E-state index in [-0.39, 0.29) is 0 Å². The summed E-state index contributed by atoms with van der Waals surface area (Å²) in [4.78, 5) is 7.62. The lowest BCUT2D eigenvalue weighted by Gasteiger charge is -2.25. The van der Waals surface area contributed by atoms with Gasteiger partial charge in [0.05, 0.1) is 35.3 Å². The van der Waals surface area contributed by atoms with E-state index in [0.717, 1.165) is 32.8 Å². The molecule has 0 aliphatic heterocycles. The third-order valence-electron chi connectivity index (χ3n) is 5.18. The number of anilines is 1. The largest absolute Gasteiger partial charge is 0.362 e. The minimum absolute atomic E-state index is 0.645. The summed E-state index contributed by atoms with van der Waals surface area (Å²) in [5.41, 5.74) is 8.34. The van der Waals surface area contributed by atoms with E-state index in [4.69, 9.17) is 0 Å². The predicted molar refractivity (Wildman–Crippen MR) is 124 cm³/mol. The van der Waals surface area contributed by atoms with Crippen LogP contribution in [0.2, 0.25) is 0 Å². The summed E-state index contributed by atoms with van der Waals surface area (Å²) in [6.45, 7) is 3.40. The topological polar surface area (TPSA) is 63.7 Å². The van der Waals surface area contributed by atoms with E-state index in [2.05, 4.69) is 47.1 Å². The van der Waals surface area contributed by atoms with Gasteiger partial charge in [-0.1, -0.05) is 36.4 Å². The molecule has 31 heavy (non-hydrogen) atoms. The maximum absolute atomic E-state index is 9.70. The molecule has 1 aromatic heterocycles. The lowest BCUT2D eigenvalue weighted by atomic mass is 9.95. The van der Waals surface area contributed by atoms with Crippen LogP contribution in [0.4, 0.5) is 5.69 Å². The first-order chi connectivity index (χ1) is 15.2. The molecule has 0 bridgehead atoms. The van der Waals surface area contributed by atoms with Gasteiger partial charge in [-0.25, -0.2) is 0 Å². The second kappa shape index (κ2) is 9.26. The zero-order valence-corrected chi connectivity index (χ0v) is 17.9. The number of aromatic nitrogens is 1. The molecule has 4 nitrogen and oxygen atoms in total. The molecular formula is C26H20N4S. The molecule has 0 radical (unpaired) electrons. The van der Waals surface area contributed by atoms with Crippen LogP contribution < -0.4 is 4.90 Å². The van der Waals surface area contributed by atoms with Crippen molar-refractivity contribution in [1.29, 1.82) is 10.5 Å². The Hall–Kier alpha value is -3.93. The highest BCUT2D eigenvalue weighted by molar-refractivity contribution is 7.09. The van der Waals surface area contributed by atoms with Crippen LogP contribution in [0.15, 0.2) is 78.4 Å². The van der Waals surface area contributed by atoms with E-state index >= 15 is 0 Å². The summed E-state index contributed by atoms with van der Waals surface area (Å²) < 4.78 is 0. The first kappa shape index (κ1) is 20.3. The lowest BCUT2D eigenvalue weighted by Crippen LogP contribution is -2.21. The van der Waals surface area contributed by atoms with Crippen LogP contribution in [-0.4, -0.2) is 4.98 Å². The number of rotatable bonds is 6. The fourth-order valence-electron chi connectivity index (χ4n) is 3.63. The van der Waals surface area contributed by atoms with Crippen molar-refractivity contribution in [2.24, 2.45) is 0 Å². The zero-order valence-electron chi connectivity index (χ0n) is 17.1. The van der Waals surface area contributed by atoms with Gasteiger partial charge in [-0.3, -0.25) is 4.98 Å². The Kier molecular flexibility index (Phi) is 6.08. The van der Waals surface area contributed by atoms with Crippen LogP contribution in [0, 0.1) is 29.6 Å². The van der Waals surface area contributed by atoms with Gasteiger partial charge in [-0.05, 0) is 53.9 Å². The number of thiazole rings is 1. The molecule has 150 valence electrons. The molecule has 0 saturated heterocycles. The number of hydrogen-bond donors (Lipinski definition) is 0. The van der Waals surface area contributed by atoms with Crippen LogP contribution in [0.1, 0.15) is 27.1 Å². The van der Waals surface area contributed by atoms with Crippen molar-refractivity contribution >= 4 is 17.0 Å². The van der Waals surface area contributed by atoms with Crippen LogP contribution in [0.5, 0.6) is 0 Å². The van der Waals surface area contributed by atoms with Crippen molar-refractivity contribution in [2.45, 2.75) is 20.0 Å². The average Bonchev–Trinajstić information content (AvgIpc) is 3.32. The summed E-state index contributed by atoms with van der Waals surface area (Å²) in [5.74, 6) is 0. The second-order valence-corrected chi connectivity index (χ2v) is 8.26. The van der Waals surface area contributed by atoms with Gasteiger partial charge < -0.3 is 4.90 Å². The Balaban J connectivity index is 1.77. The van der Waals surface area contributed by atoms with Gasteiger partial charge in [0.25, 0.3) is 0 Å². The SMILES string of the molecule is Cc1ccccc1-c1cc(N(Cc2cccc(C#N)c2)Cc2cncs2)ccc1C#N. The highest BCUT2D eigenvalue weighted by Gasteiger charge is 2.14. The quantitative estimate of drug-likeness (QED) is 0.380. The Morgan fingerprint density at radius 1 is 0.903 bits per heavy atom. The lowest BCUT2D eigenvalue weighted by molar-refractivity contribution is 0.807. The molecule has 0 fully saturated rings. The average molecular weight is 421 g/mol. The van der Waals surface area contributed by atoms with Crippen molar-refractivity contribution in [2.75, 3.05) is 4.90 Å². The van der Waals surface area contributed by atoms with E-state index in [1.165, 1.54) is 0 Å². The van der Waals surface area contributed by atoms with Crippen LogP contribution in [0.3, 0.4) is 0 Å². The van der Waals surface area contributed by atoms with Gasteiger partial charge in [-0.2, -0.15) is 10.5 Å². The number of aryl methyl sites for hydroxylation is 1. The molecular weight excluding hydrogens is 400 g/mol. The fourth-order valence-corrected chi connectivity index (χ4v) is 4.24. The van der Waals surface area contributed by atoms with Crippen LogP contribution in [0.25, 0.3) is 11.1 Å². The predicted octanol–water partition coefficient (Wildman–Crippen LogP) is 6.07. The fraction of sp³-hybridized carbons (Fsp3) is 0.115. The highest BCUT2D eigenvalue weighted by atomic mass is 32.1. The maximum atomic E-state index is 9.70. The van der Waals surface area contributed by atoms with Crippen molar-refractivity contribution in [3.8, 4) is 23.3 Å². The summed E-state index contributed by atoms with van der Waals surface area (Å²) in [6.07, 6.45) is 1.88. The Labute approximate surface area is 186 Å². The van der Waals surface area contributed by atoms with E-state index in [0.29, 0.717) is 24.2 Å². The number of nitrogens with zero attached hydrogens (tertiary/aromatic N) is 4. The summed E-state index contributed by atoms with van der Waals surface area (Å²) in [7, 11) is 0. The Morgan fingerprint density at radius 3 is 2.52 bits per heavy atom. The molecule has 0 aliphatic rings. The molecule has 5 heteroatoms. The van der Waals surface area contributed by atoms with Gasteiger partial charge in [0.15, 0.2) is 0 Å². The van der Waals surface area contributed by atoms with Crippen LogP contribution >= 0.6 is 11.3 Å². The number of hydrogen-bond acceptors (Lipinski definition) is 5.